The second kappa shape index (κ2) is 10.9. The van der Waals surface area contributed by atoms with Crippen LogP contribution in [0.4, 0.5) is 21.5 Å². The fraction of sp³-hybridized carbons (Fsp3) is 0.385. The number of hydrogen-bond acceptors (Lipinski definition) is 7. The lowest BCUT2D eigenvalue weighted by Gasteiger charge is -2.31. The molecule has 9 heteroatoms. The molecule has 0 unspecified atom stereocenters. The molecule has 8 nitrogen and oxygen atoms in total. The summed E-state index contributed by atoms with van der Waals surface area (Å²) in [4.78, 5) is 19.2. The molecule has 2 heterocycles. The van der Waals surface area contributed by atoms with Gasteiger partial charge in [0.15, 0.2) is 0 Å². The molecule has 35 heavy (non-hydrogen) atoms. The van der Waals surface area contributed by atoms with Gasteiger partial charge in [0.2, 0.25) is 0 Å². The lowest BCUT2D eigenvalue weighted by molar-refractivity contribution is 0.0696. The zero-order valence-corrected chi connectivity index (χ0v) is 20.2. The van der Waals surface area contributed by atoms with Gasteiger partial charge in [0, 0.05) is 31.7 Å². The maximum Gasteiger partial charge on any atom is 0.339 e. The molecule has 0 bridgehead atoms. The van der Waals surface area contributed by atoms with Crippen LogP contribution in [0, 0.1) is 12.7 Å². The number of aromatic nitrogens is 1. The largest absolute Gasteiger partial charge is 0.489 e. The maximum absolute atomic E-state index is 14.8. The van der Waals surface area contributed by atoms with Gasteiger partial charge >= 0.3 is 5.97 Å². The number of ether oxygens (including phenoxy) is 3. The Morgan fingerprint density at radius 2 is 2.00 bits per heavy atom. The second-order valence-corrected chi connectivity index (χ2v) is 8.35. The molecule has 2 aromatic carbocycles. The molecular weight excluding hydrogens is 453 g/mol. The van der Waals surface area contributed by atoms with Crippen molar-refractivity contribution in [2.24, 2.45) is 0 Å². The first-order valence-corrected chi connectivity index (χ1v) is 11.6. The van der Waals surface area contributed by atoms with Gasteiger partial charge in [0.05, 0.1) is 48.1 Å². The van der Waals surface area contributed by atoms with Gasteiger partial charge in [-0.3, -0.25) is 4.98 Å². The van der Waals surface area contributed by atoms with Crippen molar-refractivity contribution in [1.82, 2.24) is 4.98 Å². The highest BCUT2D eigenvalue weighted by Gasteiger charge is 2.24. The van der Waals surface area contributed by atoms with Gasteiger partial charge in [-0.15, -0.1) is 0 Å². The van der Waals surface area contributed by atoms with E-state index in [0.29, 0.717) is 74.0 Å². The third-order valence-electron chi connectivity index (χ3n) is 5.97. The molecule has 1 aliphatic rings. The summed E-state index contributed by atoms with van der Waals surface area (Å²) >= 11 is 0. The standard InChI is InChI=1S/C26H30FN3O5/c1-4-19-24(26(31)32)25(29-20-6-5-16(2)13-18(20)27)17-14-22(30-7-9-34-10-8-30)23(15-21(17)28-19)35-12-11-33-3/h5-6,13-15H,4,7-12H2,1-3H3,(H,28,29)(H,31,32). The summed E-state index contributed by atoms with van der Waals surface area (Å²) in [6, 6.07) is 8.48. The quantitative estimate of drug-likeness (QED) is 0.428. The Bertz CT molecular complexity index is 1230. The number of halogens is 1. The number of carboxylic acid groups (broad SMARTS) is 1. The van der Waals surface area contributed by atoms with Crippen molar-refractivity contribution in [1.29, 1.82) is 0 Å². The van der Waals surface area contributed by atoms with Crippen LogP contribution in [0.15, 0.2) is 30.3 Å². The van der Waals surface area contributed by atoms with Crippen molar-refractivity contribution in [2.45, 2.75) is 20.3 Å². The lowest BCUT2D eigenvalue weighted by atomic mass is 10.0. The molecule has 1 fully saturated rings. The first-order chi connectivity index (χ1) is 16.9. The van der Waals surface area contributed by atoms with Crippen LogP contribution in [0.3, 0.4) is 0 Å². The Morgan fingerprint density at radius 1 is 1.23 bits per heavy atom. The minimum Gasteiger partial charge on any atom is -0.489 e. The van der Waals surface area contributed by atoms with Crippen LogP contribution in [-0.2, 0) is 15.9 Å². The number of pyridine rings is 1. The molecule has 1 aromatic heterocycles. The van der Waals surface area contributed by atoms with Crippen molar-refractivity contribution in [3.63, 3.8) is 0 Å². The van der Waals surface area contributed by atoms with Crippen LogP contribution >= 0.6 is 0 Å². The van der Waals surface area contributed by atoms with E-state index in [2.05, 4.69) is 15.2 Å². The summed E-state index contributed by atoms with van der Waals surface area (Å²) in [6.45, 7) is 6.88. The number of aromatic carboxylic acids is 1. The number of morpholine rings is 1. The van der Waals surface area contributed by atoms with Gasteiger partial charge in [-0.2, -0.15) is 0 Å². The van der Waals surface area contributed by atoms with Crippen LogP contribution in [-0.4, -0.2) is 62.7 Å². The average Bonchev–Trinajstić information content (AvgIpc) is 2.85. The third kappa shape index (κ3) is 5.31. The number of carbonyl (C=O) groups is 1. The fourth-order valence-electron chi connectivity index (χ4n) is 4.20. The van der Waals surface area contributed by atoms with Crippen LogP contribution in [0.2, 0.25) is 0 Å². The fourth-order valence-corrected chi connectivity index (χ4v) is 4.20. The predicted octanol–water partition coefficient (Wildman–Crippen LogP) is 4.55. The minimum atomic E-state index is -1.13. The van der Waals surface area contributed by atoms with E-state index in [-0.39, 0.29) is 11.3 Å². The topological polar surface area (TPSA) is 93.2 Å². The first kappa shape index (κ1) is 24.7. The van der Waals surface area contributed by atoms with Crippen molar-refractivity contribution in [3.05, 3.63) is 53.0 Å². The van der Waals surface area contributed by atoms with Gasteiger partial charge in [0.25, 0.3) is 0 Å². The number of anilines is 3. The van der Waals surface area contributed by atoms with Crippen molar-refractivity contribution in [2.75, 3.05) is 56.8 Å². The van der Waals surface area contributed by atoms with Crippen LogP contribution in [0.1, 0.15) is 28.5 Å². The van der Waals surface area contributed by atoms with Crippen LogP contribution in [0.25, 0.3) is 10.9 Å². The van der Waals surface area contributed by atoms with E-state index in [1.54, 1.807) is 26.2 Å². The van der Waals surface area contributed by atoms with E-state index >= 15 is 0 Å². The van der Waals surface area contributed by atoms with E-state index in [9.17, 15) is 14.3 Å². The van der Waals surface area contributed by atoms with E-state index in [4.69, 9.17) is 14.2 Å². The molecule has 0 amide bonds. The maximum atomic E-state index is 14.8. The Morgan fingerprint density at radius 3 is 2.66 bits per heavy atom. The molecule has 2 N–H and O–H groups in total. The van der Waals surface area contributed by atoms with Crippen molar-refractivity contribution in [3.8, 4) is 5.75 Å². The Balaban J connectivity index is 1.94. The molecular formula is C26H30FN3O5. The van der Waals surface area contributed by atoms with Gasteiger partial charge in [-0.05, 0) is 37.1 Å². The zero-order valence-electron chi connectivity index (χ0n) is 20.2. The Hall–Kier alpha value is -3.43. The first-order valence-electron chi connectivity index (χ1n) is 11.6. The molecule has 0 radical (unpaired) electrons. The number of carboxylic acids is 1. The van der Waals surface area contributed by atoms with E-state index < -0.39 is 11.8 Å². The summed E-state index contributed by atoms with van der Waals surface area (Å²) in [6.07, 6.45) is 0.397. The summed E-state index contributed by atoms with van der Waals surface area (Å²) in [5, 5.41) is 13.7. The second-order valence-electron chi connectivity index (χ2n) is 8.35. The molecule has 186 valence electrons. The highest BCUT2D eigenvalue weighted by atomic mass is 19.1. The molecule has 3 aromatic rings. The van der Waals surface area contributed by atoms with Crippen molar-refractivity contribution >= 4 is 33.9 Å². The number of aryl methyl sites for hydroxylation is 2. The third-order valence-corrected chi connectivity index (χ3v) is 5.97. The summed E-state index contributed by atoms with van der Waals surface area (Å²) in [5.41, 5.74) is 3.06. The molecule has 0 saturated carbocycles. The number of hydrogen-bond donors (Lipinski definition) is 2. The predicted molar refractivity (Wildman–Crippen MR) is 133 cm³/mol. The molecule has 0 aliphatic carbocycles. The van der Waals surface area contributed by atoms with Crippen molar-refractivity contribution < 1.29 is 28.5 Å². The van der Waals surface area contributed by atoms with Gasteiger partial charge in [-0.25, -0.2) is 9.18 Å². The van der Waals surface area contributed by atoms with Gasteiger partial charge in [-0.1, -0.05) is 13.0 Å². The average molecular weight is 484 g/mol. The summed E-state index contributed by atoms with van der Waals surface area (Å²) < 4.78 is 31.5. The van der Waals surface area contributed by atoms with Crippen LogP contribution < -0.4 is 15.0 Å². The number of nitrogens with zero attached hydrogens (tertiary/aromatic N) is 2. The summed E-state index contributed by atoms with van der Waals surface area (Å²) in [7, 11) is 1.61. The monoisotopic (exact) mass is 483 g/mol. The Kier molecular flexibility index (Phi) is 7.67. The van der Waals surface area contributed by atoms with Crippen LogP contribution in [0.5, 0.6) is 5.75 Å². The Labute approximate surface area is 203 Å². The number of methoxy groups -OCH3 is 1. The van der Waals surface area contributed by atoms with Gasteiger partial charge < -0.3 is 29.5 Å². The normalized spacial score (nSPS) is 13.8. The molecule has 1 aliphatic heterocycles. The lowest BCUT2D eigenvalue weighted by Crippen LogP contribution is -2.36. The molecule has 0 atom stereocenters. The van der Waals surface area contributed by atoms with E-state index in [1.807, 2.05) is 19.1 Å². The number of nitrogens with one attached hydrogen (secondary N) is 1. The number of rotatable bonds is 9. The number of fused-ring (bicyclic) bond motifs is 1. The minimum absolute atomic E-state index is 0.0287. The molecule has 1 saturated heterocycles. The molecule has 4 rings (SSSR count). The highest BCUT2D eigenvalue weighted by molar-refractivity contribution is 6.08. The van der Waals surface area contributed by atoms with E-state index in [0.717, 1.165) is 11.3 Å². The SMILES string of the molecule is CCc1nc2cc(OCCOC)c(N3CCOCC3)cc2c(Nc2ccc(C)cc2F)c1C(=O)O. The molecule has 0 spiro atoms. The highest BCUT2D eigenvalue weighted by Crippen LogP contribution is 2.39. The van der Waals surface area contributed by atoms with Gasteiger partial charge in [0.1, 0.15) is 23.7 Å². The van der Waals surface area contributed by atoms with E-state index in [1.165, 1.54) is 6.07 Å². The smallest absolute Gasteiger partial charge is 0.339 e. The number of benzene rings is 2. The summed E-state index contributed by atoms with van der Waals surface area (Å²) in [5.74, 6) is -0.960. The zero-order chi connectivity index (χ0) is 24.9.